The maximum atomic E-state index is 11.1. The summed E-state index contributed by atoms with van der Waals surface area (Å²) in [4.78, 5) is 13.2. The van der Waals surface area contributed by atoms with Gasteiger partial charge in [-0.05, 0) is 75.0 Å². The molecule has 0 aliphatic rings. The van der Waals surface area contributed by atoms with Crippen LogP contribution in [0.1, 0.15) is 80.3 Å². The second-order valence-electron chi connectivity index (χ2n) is 11.5. The van der Waals surface area contributed by atoms with Crippen molar-refractivity contribution in [3.8, 4) is 23.0 Å². The fourth-order valence-corrected chi connectivity index (χ4v) is 4.26. The second kappa shape index (κ2) is 10.2. The maximum Gasteiger partial charge on any atom is 0.335 e. The molecule has 0 fully saturated rings. The van der Waals surface area contributed by atoms with Crippen LogP contribution in [0.3, 0.4) is 0 Å². The molecule has 0 aliphatic carbocycles. The quantitative estimate of drug-likeness (QED) is 0.401. The highest BCUT2D eigenvalue weighted by atomic mass is 16.4. The number of hydrogen-bond donors (Lipinski definition) is 2. The van der Waals surface area contributed by atoms with E-state index < -0.39 is 12.1 Å². The summed E-state index contributed by atoms with van der Waals surface area (Å²) in [6, 6.07) is 19.1. The molecule has 3 aromatic rings. The number of benzene rings is 3. The largest absolute Gasteiger partial charge is 0.478 e. The lowest BCUT2D eigenvalue weighted by atomic mass is 9.78. The Hall–Kier alpha value is -3.55. The van der Waals surface area contributed by atoms with Crippen LogP contribution < -0.4 is 4.90 Å². The molecule has 1 atom stereocenters. The van der Waals surface area contributed by atoms with Crippen molar-refractivity contribution in [2.75, 3.05) is 19.0 Å². The first-order chi connectivity index (χ1) is 16.7. The van der Waals surface area contributed by atoms with Crippen molar-refractivity contribution < 1.29 is 15.0 Å². The predicted molar refractivity (Wildman–Crippen MR) is 149 cm³/mol. The smallest absolute Gasteiger partial charge is 0.335 e. The van der Waals surface area contributed by atoms with E-state index in [1.165, 1.54) is 23.3 Å². The maximum absolute atomic E-state index is 11.1. The molecule has 1 unspecified atom stereocenters. The van der Waals surface area contributed by atoms with Gasteiger partial charge in [0.25, 0.3) is 0 Å². The first-order valence-corrected chi connectivity index (χ1v) is 12.2. The first kappa shape index (κ1) is 27.0. The summed E-state index contributed by atoms with van der Waals surface area (Å²) in [6.45, 7) is 13.2. The summed E-state index contributed by atoms with van der Waals surface area (Å²) in [6.07, 6.45) is -0.996. The Morgan fingerprint density at radius 2 is 1.44 bits per heavy atom. The number of aliphatic hydroxyl groups is 1. The third-order valence-corrected chi connectivity index (χ3v) is 6.23. The number of carboxylic acid groups (broad SMARTS) is 1. The lowest BCUT2D eigenvalue weighted by molar-refractivity contribution is 0.0697. The van der Waals surface area contributed by atoms with Crippen molar-refractivity contribution in [1.29, 1.82) is 0 Å². The number of carbonyl (C=O) groups is 1. The van der Waals surface area contributed by atoms with Crippen LogP contribution in [-0.4, -0.2) is 30.3 Å². The van der Waals surface area contributed by atoms with E-state index in [1.54, 1.807) is 12.1 Å². The third kappa shape index (κ3) is 6.17. The standard InChI is InChI=1S/C32H37NO3/c1-31(2,3)25-16-14-22(15-17-25)26-19-24(20-27(33(7)8)29(26)32(4,5)6)28(34)18-11-21-9-12-23(13-10-21)30(35)36/h9-10,12-17,19-20,28,34H,1-8H3,(H,35,36). The van der Waals surface area contributed by atoms with E-state index in [2.05, 4.69) is 82.5 Å². The van der Waals surface area contributed by atoms with Crippen LogP contribution in [-0.2, 0) is 10.8 Å². The fourth-order valence-electron chi connectivity index (χ4n) is 4.26. The average molecular weight is 484 g/mol. The van der Waals surface area contributed by atoms with Gasteiger partial charge < -0.3 is 15.1 Å². The van der Waals surface area contributed by atoms with Crippen molar-refractivity contribution in [3.63, 3.8) is 0 Å². The summed E-state index contributed by atoms with van der Waals surface area (Å²) >= 11 is 0. The summed E-state index contributed by atoms with van der Waals surface area (Å²) < 4.78 is 0. The van der Waals surface area contributed by atoms with Gasteiger partial charge in [-0.1, -0.05) is 77.6 Å². The zero-order valence-electron chi connectivity index (χ0n) is 22.6. The number of aliphatic hydroxyl groups excluding tert-OH is 1. The number of rotatable bonds is 4. The molecular weight excluding hydrogens is 446 g/mol. The molecule has 2 N–H and O–H groups in total. The van der Waals surface area contributed by atoms with E-state index in [9.17, 15) is 9.90 Å². The average Bonchev–Trinajstić information content (AvgIpc) is 2.80. The number of aromatic carboxylic acids is 1. The van der Waals surface area contributed by atoms with Gasteiger partial charge >= 0.3 is 5.97 Å². The van der Waals surface area contributed by atoms with E-state index >= 15 is 0 Å². The Kier molecular flexibility index (Phi) is 7.67. The monoisotopic (exact) mass is 483 g/mol. The lowest BCUT2D eigenvalue weighted by Gasteiger charge is -2.31. The molecule has 0 amide bonds. The molecule has 0 heterocycles. The highest BCUT2D eigenvalue weighted by molar-refractivity contribution is 5.87. The normalized spacial score (nSPS) is 12.5. The Balaban J connectivity index is 2.12. The zero-order valence-corrected chi connectivity index (χ0v) is 22.6. The van der Waals surface area contributed by atoms with Crippen molar-refractivity contribution >= 4 is 11.7 Å². The lowest BCUT2D eigenvalue weighted by Crippen LogP contribution is -2.21. The predicted octanol–water partition coefficient (Wildman–Crippen LogP) is 6.80. The Morgan fingerprint density at radius 1 is 0.861 bits per heavy atom. The molecule has 4 heteroatoms. The Morgan fingerprint density at radius 3 is 1.92 bits per heavy atom. The number of anilines is 1. The van der Waals surface area contributed by atoms with Gasteiger partial charge in [0.2, 0.25) is 0 Å². The minimum absolute atomic E-state index is 0.0660. The van der Waals surface area contributed by atoms with Gasteiger partial charge in [-0.25, -0.2) is 4.79 Å². The Bertz CT molecular complexity index is 1290. The van der Waals surface area contributed by atoms with Crippen molar-refractivity contribution in [2.24, 2.45) is 0 Å². The second-order valence-corrected chi connectivity index (χ2v) is 11.5. The molecule has 0 spiro atoms. The van der Waals surface area contributed by atoms with Gasteiger partial charge in [-0.2, -0.15) is 0 Å². The van der Waals surface area contributed by atoms with Crippen LogP contribution in [0.4, 0.5) is 5.69 Å². The molecular formula is C32H37NO3. The van der Waals surface area contributed by atoms with E-state index in [4.69, 9.17) is 5.11 Å². The van der Waals surface area contributed by atoms with Crippen LogP contribution in [0.15, 0.2) is 60.7 Å². The summed E-state index contributed by atoms with van der Waals surface area (Å²) in [5.41, 5.74) is 7.22. The third-order valence-electron chi connectivity index (χ3n) is 6.23. The van der Waals surface area contributed by atoms with Gasteiger partial charge in [0, 0.05) is 25.3 Å². The zero-order chi connectivity index (χ0) is 26.8. The molecule has 0 saturated carbocycles. The van der Waals surface area contributed by atoms with E-state index in [-0.39, 0.29) is 16.4 Å². The minimum atomic E-state index is -0.996. The van der Waals surface area contributed by atoms with E-state index in [0.717, 1.165) is 22.4 Å². The van der Waals surface area contributed by atoms with Crippen LogP contribution >= 0.6 is 0 Å². The molecule has 0 radical (unpaired) electrons. The van der Waals surface area contributed by atoms with Crippen LogP contribution in [0.25, 0.3) is 11.1 Å². The fraction of sp³-hybridized carbons (Fsp3) is 0.344. The van der Waals surface area contributed by atoms with E-state index in [0.29, 0.717) is 5.56 Å². The molecule has 0 bridgehead atoms. The molecule has 3 aromatic carbocycles. The topological polar surface area (TPSA) is 60.8 Å². The first-order valence-electron chi connectivity index (χ1n) is 12.2. The summed E-state index contributed by atoms with van der Waals surface area (Å²) in [5.74, 6) is 4.94. The highest BCUT2D eigenvalue weighted by Gasteiger charge is 2.26. The molecule has 0 saturated heterocycles. The highest BCUT2D eigenvalue weighted by Crippen LogP contribution is 2.42. The molecule has 3 rings (SSSR count). The van der Waals surface area contributed by atoms with Gasteiger partial charge in [-0.15, -0.1) is 0 Å². The van der Waals surface area contributed by atoms with Gasteiger partial charge in [0.05, 0.1) is 5.56 Å². The molecule has 188 valence electrons. The number of nitrogens with zero attached hydrogens (tertiary/aromatic N) is 1. The van der Waals surface area contributed by atoms with Crippen molar-refractivity contribution in [3.05, 3.63) is 88.5 Å². The van der Waals surface area contributed by atoms with Crippen molar-refractivity contribution in [2.45, 2.75) is 58.5 Å². The molecule has 0 aliphatic heterocycles. The molecule has 36 heavy (non-hydrogen) atoms. The van der Waals surface area contributed by atoms with Crippen LogP contribution in [0, 0.1) is 11.8 Å². The summed E-state index contributed by atoms with van der Waals surface area (Å²) in [5, 5.41) is 20.1. The SMILES string of the molecule is CN(C)c1cc(C(O)C#Cc2ccc(C(=O)O)cc2)cc(-c2ccc(C(C)(C)C)cc2)c1C(C)(C)C. The summed E-state index contributed by atoms with van der Waals surface area (Å²) in [7, 11) is 4.03. The van der Waals surface area contributed by atoms with Gasteiger partial charge in [0.15, 0.2) is 0 Å². The molecule has 0 aromatic heterocycles. The van der Waals surface area contributed by atoms with Crippen LogP contribution in [0.2, 0.25) is 0 Å². The minimum Gasteiger partial charge on any atom is -0.478 e. The van der Waals surface area contributed by atoms with Gasteiger partial charge in [-0.3, -0.25) is 0 Å². The Labute approximate surface area is 215 Å². The number of hydrogen-bond acceptors (Lipinski definition) is 3. The number of carboxylic acids is 1. The van der Waals surface area contributed by atoms with Crippen molar-refractivity contribution in [1.82, 2.24) is 0 Å². The van der Waals surface area contributed by atoms with E-state index in [1.807, 2.05) is 26.2 Å². The van der Waals surface area contributed by atoms with Gasteiger partial charge in [0.1, 0.15) is 6.10 Å². The molecule has 4 nitrogen and oxygen atoms in total. The van der Waals surface area contributed by atoms with Crippen LogP contribution in [0.5, 0.6) is 0 Å².